The average molecular weight is 351 g/mol. The van der Waals surface area contributed by atoms with Crippen molar-refractivity contribution in [1.29, 1.82) is 0 Å². The van der Waals surface area contributed by atoms with Gasteiger partial charge in [0.2, 0.25) is 0 Å². The van der Waals surface area contributed by atoms with E-state index in [0.717, 1.165) is 17.1 Å². The lowest BCUT2D eigenvalue weighted by Crippen LogP contribution is -2.11. The lowest BCUT2D eigenvalue weighted by Gasteiger charge is -2.12. The highest BCUT2D eigenvalue weighted by Gasteiger charge is 2.30. The van der Waals surface area contributed by atoms with E-state index in [4.69, 9.17) is 4.74 Å². The maximum Gasteiger partial charge on any atom is 0.319 e. The third-order valence-corrected chi connectivity index (χ3v) is 5.28. The molecule has 2 heterocycles. The molecule has 0 aliphatic carbocycles. The van der Waals surface area contributed by atoms with Crippen LogP contribution in [-0.4, -0.2) is 32.6 Å². The van der Waals surface area contributed by atoms with Gasteiger partial charge in [-0.05, 0) is 19.1 Å². The van der Waals surface area contributed by atoms with Gasteiger partial charge in [0.05, 0.1) is 6.61 Å². The summed E-state index contributed by atoms with van der Waals surface area (Å²) < 4.78 is 7.08. The predicted octanol–water partition coefficient (Wildman–Crippen LogP) is 3.65. The minimum atomic E-state index is -0.225. The van der Waals surface area contributed by atoms with Gasteiger partial charge in [0.25, 0.3) is 0 Å². The lowest BCUT2D eigenvalue weighted by molar-refractivity contribution is -0.137. The molecule has 25 heavy (non-hydrogen) atoms. The Kier molecular flexibility index (Phi) is 4.28. The molecule has 0 amide bonds. The minimum Gasteiger partial charge on any atom is -0.465 e. The Morgan fingerprint density at radius 1 is 1.08 bits per heavy atom. The second kappa shape index (κ2) is 6.72. The fraction of sp³-hybridized carbons (Fsp3) is 0.211. The molecule has 0 bridgehead atoms. The molecular weight excluding hydrogens is 334 g/mol. The first-order valence-electron chi connectivity index (χ1n) is 8.13. The van der Waals surface area contributed by atoms with E-state index in [0.29, 0.717) is 18.2 Å². The first kappa shape index (κ1) is 15.9. The monoisotopic (exact) mass is 351 g/mol. The van der Waals surface area contributed by atoms with Crippen LogP contribution in [0, 0.1) is 6.92 Å². The Hall–Kier alpha value is -2.60. The number of aromatic nitrogens is 3. The molecular formula is C19H17N3O2S. The molecule has 126 valence electrons. The van der Waals surface area contributed by atoms with Crippen molar-refractivity contribution in [3.8, 4) is 17.1 Å². The fourth-order valence-electron chi connectivity index (χ4n) is 2.76. The fourth-order valence-corrected chi connectivity index (χ4v) is 3.78. The number of hydrogen-bond acceptors (Lipinski definition) is 5. The molecule has 1 fully saturated rings. The smallest absolute Gasteiger partial charge is 0.319 e. The Morgan fingerprint density at radius 2 is 1.84 bits per heavy atom. The van der Waals surface area contributed by atoms with Crippen LogP contribution in [0.3, 0.4) is 0 Å². The van der Waals surface area contributed by atoms with Gasteiger partial charge >= 0.3 is 5.97 Å². The van der Waals surface area contributed by atoms with E-state index >= 15 is 0 Å². The normalized spacial score (nSPS) is 16.8. The maximum absolute atomic E-state index is 11.8. The van der Waals surface area contributed by atoms with Crippen LogP contribution in [0.15, 0.2) is 59.8 Å². The van der Waals surface area contributed by atoms with Crippen LogP contribution in [-0.2, 0) is 9.53 Å². The Bertz CT molecular complexity index is 891. The molecule has 1 aliphatic heterocycles. The molecule has 4 rings (SSSR count). The summed E-state index contributed by atoms with van der Waals surface area (Å²) in [6.45, 7) is 2.53. The zero-order valence-electron chi connectivity index (χ0n) is 13.8. The van der Waals surface area contributed by atoms with Crippen LogP contribution >= 0.6 is 11.8 Å². The van der Waals surface area contributed by atoms with Crippen molar-refractivity contribution < 1.29 is 9.53 Å². The third kappa shape index (κ3) is 3.17. The number of benzene rings is 2. The Labute approximate surface area is 150 Å². The summed E-state index contributed by atoms with van der Waals surface area (Å²) in [5.74, 6) is 0.586. The van der Waals surface area contributed by atoms with Crippen molar-refractivity contribution >= 4 is 17.7 Å². The Balaban J connectivity index is 1.80. The van der Waals surface area contributed by atoms with Gasteiger partial charge < -0.3 is 4.74 Å². The van der Waals surface area contributed by atoms with Crippen molar-refractivity contribution in [3.63, 3.8) is 0 Å². The molecule has 0 spiro atoms. The van der Waals surface area contributed by atoms with E-state index < -0.39 is 0 Å². The second-order valence-electron chi connectivity index (χ2n) is 5.91. The minimum absolute atomic E-state index is 0.176. The molecule has 0 N–H and O–H groups in total. The summed E-state index contributed by atoms with van der Waals surface area (Å²) in [6, 6.07) is 18.1. The van der Waals surface area contributed by atoms with Gasteiger partial charge in [-0.25, -0.2) is 0 Å². The molecule has 1 saturated heterocycles. The second-order valence-corrected chi connectivity index (χ2v) is 7.08. The van der Waals surface area contributed by atoms with E-state index in [-0.39, 0.29) is 11.2 Å². The number of aryl methyl sites for hydroxylation is 1. The summed E-state index contributed by atoms with van der Waals surface area (Å²) in [6.07, 6.45) is 0.699. The zero-order valence-corrected chi connectivity index (χ0v) is 14.6. The van der Waals surface area contributed by atoms with Gasteiger partial charge in [0.15, 0.2) is 11.0 Å². The van der Waals surface area contributed by atoms with Crippen molar-refractivity contribution in [3.05, 3.63) is 60.2 Å². The average Bonchev–Trinajstić information content (AvgIpc) is 3.24. The zero-order chi connectivity index (χ0) is 17.2. The number of rotatable bonds is 4. The molecule has 0 unspecified atom stereocenters. The van der Waals surface area contributed by atoms with Gasteiger partial charge in [-0.1, -0.05) is 59.8 Å². The number of nitrogens with zero attached hydrogens (tertiary/aromatic N) is 3. The van der Waals surface area contributed by atoms with Crippen molar-refractivity contribution in [2.24, 2.45) is 0 Å². The SMILES string of the molecule is Cc1ccc(-n2c(S[C@H]3CCOC3=O)nnc2-c2ccccc2)cc1. The van der Waals surface area contributed by atoms with Crippen LogP contribution in [0.25, 0.3) is 17.1 Å². The number of esters is 1. The third-order valence-electron chi connectivity index (χ3n) is 4.09. The number of ether oxygens (including phenoxy) is 1. The summed E-state index contributed by atoms with van der Waals surface area (Å²) in [7, 11) is 0. The number of carbonyl (C=O) groups is 1. The Morgan fingerprint density at radius 3 is 2.52 bits per heavy atom. The first-order valence-corrected chi connectivity index (χ1v) is 9.01. The summed E-state index contributed by atoms with van der Waals surface area (Å²) in [5, 5.41) is 9.23. The highest BCUT2D eigenvalue weighted by atomic mass is 32.2. The molecule has 1 aliphatic rings. The maximum atomic E-state index is 11.8. The van der Waals surface area contributed by atoms with E-state index in [9.17, 15) is 4.79 Å². The molecule has 5 nitrogen and oxygen atoms in total. The summed E-state index contributed by atoms with van der Waals surface area (Å²) >= 11 is 1.42. The molecule has 0 radical (unpaired) electrons. The first-order chi connectivity index (χ1) is 12.2. The van der Waals surface area contributed by atoms with E-state index in [1.807, 2.05) is 47.0 Å². The number of carbonyl (C=O) groups excluding carboxylic acids is 1. The molecule has 0 saturated carbocycles. The van der Waals surface area contributed by atoms with Gasteiger partial charge in [0, 0.05) is 17.7 Å². The number of cyclic esters (lactones) is 1. The molecule has 1 atom stereocenters. The van der Waals surface area contributed by atoms with Crippen LogP contribution < -0.4 is 0 Å². The van der Waals surface area contributed by atoms with E-state index in [1.54, 1.807) is 0 Å². The van der Waals surface area contributed by atoms with Crippen molar-refractivity contribution in [2.45, 2.75) is 23.8 Å². The predicted molar refractivity (Wildman–Crippen MR) is 96.8 cm³/mol. The quantitative estimate of drug-likeness (QED) is 0.672. The highest BCUT2D eigenvalue weighted by molar-refractivity contribution is 8.00. The summed E-state index contributed by atoms with van der Waals surface area (Å²) in [5.41, 5.74) is 3.14. The molecule has 2 aromatic carbocycles. The van der Waals surface area contributed by atoms with Gasteiger partial charge in [0.1, 0.15) is 5.25 Å². The van der Waals surface area contributed by atoms with Gasteiger partial charge in [-0.15, -0.1) is 10.2 Å². The van der Waals surface area contributed by atoms with Crippen LogP contribution in [0.4, 0.5) is 0 Å². The van der Waals surface area contributed by atoms with Crippen molar-refractivity contribution in [1.82, 2.24) is 14.8 Å². The van der Waals surface area contributed by atoms with E-state index in [2.05, 4.69) is 29.3 Å². The van der Waals surface area contributed by atoms with E-state index in [1.165, 1.54) is 17.3 Å². The van der Waals surface area contributed by atoms with Crippen molar-refractivity contribution in [2.75, 3.05) is 6.61 Å². The highest BCUT2D eigenvalue weighted by Crippen LogP contribution is 2.33. The largest absolute Gasteiger partial charge is 0.465 e. The summed E-state index contributed by atoms with van der Waals surface area (Å²) in [4.78, 5) is 11.8. The number of thioether (sulfide) groups is 1. The molecule has 3 aromatic rings. The van der Waals surface area contributed by atoms with Crippen LogP contribution in [0.2, 0.25) is 0 Å². The van der Waals surface area contributed by atoms with Gasteiger partial charge in [-0.2, -0.15) is 0 Å². The molecule has 6 heteroatoms. The number of hydrogen-bond donors (Lipinski definition) is 0. The topological polar surface area (TPSA) is 57.0 Å². The van der Waals surface area contributed by atoms with Crippen LogP contribution in [0.1, 0.15) is 12.0 Å². The molecule has 1 aromatic heterocycles. The standard InChI is InChI=1S/C19H17N3O2S/c1-13-7-9-15(10-8-13)22-17(14-5-3-2-4-6-14)20-21-19(22)25-16-11-12-24-18(16)23/h2-10,16H,11-12H2,1H3/t16-/m0/s1. The lowest BCUT2D eigenvalue weighted by atomic mass is 10.2. The van der Waals surface area contributed by atoms with Gasteiger partial charge in [-0.3, -0.25) is 9.36 Å². The van der Waals surface area contributed by atoms with Crippen LogP contribution in [0.5, 0.6) is 0 Å².